The Morgan fingerprint density at radius 1 is 1.18 bits per heavy atom. The molecule has 1 amide bonds. The number of hydrogen-bond acceptors (Lipinski definition) is 4. The van der Waals surface area contributed by atoms with Crippen molar-refractivity contribution >= 4 is 22.6 Å². The van der Waals surface area contributed by atoms with Crippen molar-refractivity contribution in [3.8, 4) is 0 Å². The molecule has 0 unspecified atom stereocenters. The summed E-state index contributed by atoms with van der Waals surface area (Å²) in [5.74, 6) is 1.71. The van der Waals surface area contributed by atoms with Gasteiger partial charge in [-0.3, -0.25) is 14.4 Å². The van der Waals surface area contributed by atoms with E-state index in [0.29, 0.717) is 29.3 Å². The summed E-state index contributed by atoms with van der Waals surface area (Å²) in [6.45, 7) is 8.71. The largest absolute Gasteiger partial charge is 0.416 e. The maximum Gasteiger partial charge on any atom is 0.416 e. The molecular formula is C24H34F3N5O. The molecule has 33 heavy (non-hydrogen) atoms. The van der Waals surface area contributed by atoms with E-state index in [1.165, 1.54) is 31.7 Å². The topological polar surface area (TPSA) is 62.2 Å². The van der Waals surface area contributed by atoms with Crippen molar-refractivity contribution in [1.82, 2.24) is 20.0 Å². The Morgan fingerprint density at radius 3 is 2.48 bits per heavy atom. The normalized spacial score (nSPS) is 22.5. The lowest BCUT2D eigenvalue weighted by molar-refractivity contribution is -0.137. The molecule has 0 atom stereocenters. The van der Waals surface area contributed by atoms with Gasteiger partial charge in [-0.2, -0.15) is 18.3 Å². The van der Waals surface area contributed by atoms with E-state index in [-0.39, 0.29) is 18.5 Å². The van der Waals surface area contributed by atoms with Crippen molar-refractivity contribution in [2.24, 2.45) is 11.8 Å². The van der Waals surface area contributed by atoms with Gasteiger partial charge in [-0.1, -0.05) is 13.8 Å². The Hall–Kier alpha value is -2.29. The highest BCUT2D eigenvalue weighted by molar-refractivity contribution is 5.92. The summed E-state index contributed by atoms with van der Waals surface area (Å²) < 4.78 is 41.1. The van der Waals surface area contributed by atoms with Crippen molar-refractivity contribution < 1.29 is 18.0 Å². The maximum atomic E-state index is 13.1. The first kappa shape index (κ1) is 23.9. The van der Waals surface area contributed by atoms with Crippen LogP contribution in [0.25, 0.3) is 10.9 Å². The molecule has 1 aromatic heterocycles. The number of rotatable bonds is 7. The first-order valence-electron chi connectivity index (χ1n) is 12.0. The van der Waals surface area contributed by atoms with Crippen LogP contribution >= 0.6 is 0 Å². The van der Waals surface area contributed by atoms with Crippen molar-refractivity contribution in [3.63, 3.8) is 0 Å². The number of likely N-dealkylation sites (tertiary alicyclic amines) is 1. The highest BCUT2D eigenvalue weighted by Crippen LogP contribution is 2.35. The van der Waals surface area contributed by atoms with E-state index in [9.17, 15) is 18.0 Å². The van der Waals surface area contributed by atoms with Crippen LogP contribution in [-0.2, 0) is 17.5 Å². The molecule has 4 rings (SSSR count). The van der Waals surface area contributed by atoms with E-state index in [1.807, 2.05) is 6.92 Å². The van der Waals surface area contributed by atoms with Crippen LogP contribution in [-0.4, -0.2) is 52.3 Å². The number of halogens is 3. The van der Waals surface area contributed by atoms with Crippen molar-refractivity contribution in [1.29, 1.82) is 0 Å². The molecule has 1 aliphatic heterocycles. The molecule has 6 nitrogen and oxygen atoms in total. The minimum atomic E-state index is -4.43. The lowest BCUT2D eigenvalue weighted by Gasteiger charge is -2.47. The number of amides is 1. The first-order chi connectivity index (χ1) is 15.7. The van der Waals surface area contributed by atoms with Gasteiger partial charge in [-0.05, 0) is 62.6 Å². The Labute approximate surface area is 192 Å². The summed E-state index contributed by atoms with van der Waals surface area (Å²) in [6.07, 6.45) is 0.611. The zero-order chi connectivity index (χ0) is 23.8. The molecule has 1 saturated carbocycles. The molecule has 2 aromatic rings. The van der Waals surface area contributed by atoms with Gasteiger partial charge >= 0.3 is 6.18 Å². The number of aryl methyl sites for hydroxylation is 1. The fraction of sp³-hybridized carbons (Fsp3) is 0.667. The van der Waals surface area contributed by atoms with Crippen LogP contribution in [0.2, 0.25) is 0 Å². The number of carbonyl (C=O) groups is 1. The number of carbonyl (C=O) groups excluding carboxylic acids is 1. The van der Waals surface area contributed by atoms with Crippen LogP contribution in [0, 0.1) is 11.8 Å². The van der Waals surface area contributed by atoms with Gasteiger partial charge in [0.25, 0.3) is 0 Å². The molecule has 2 heterocycles. The van der Waals surface area contributed by atoms with Crippen LogP contribution in [0.1, 0.15) is 52.0 Å². The molecule has 2 N–H and O–H groups in total. The zero-order valence-corrected chi connectivity index (χ0v) is 19.6. The third-order valence-corrected chi connectivity index (χ3v) is 7.27. The first-order valence-corrected chi connectivity index (χ1v) is 12.0. The number of aromatic nitrogens is 2. The van der Waals surface area contributed by atoms with Gasteiger partial charge in [0.1, 0.15) is 0 Å². The number of nitrogens with one attached hydrogen (secondary N) is 2. The van der Waals surface area contributed by atoms with E-state index >= 15 is 0 Å². The fourth-order valence-electron chi connectivity index (χ4n) is 5.21. The average Bonchev–Trinajstić information content (AvgIpc) is 3.11. The van der Waals surface area contributed by atoms with Gasteiger partial charge in [-0.15, -0.1) is 0 Å². The second kappa shape index (κ2) is 9.52. The van der Waals surface area contributed by atoms with E-state index in [4.69, 9.17) is 0 Å². The fourth-order valence-corrected chi connectivity index (χ4v) is 5.21. The monoisotopic (exact) mass is 465 g/mol. The van der Waals surface area contributed by atoms with Crippen molar-refractivity contribution in [3.05, 3.63) is 23.8 Å². The summed E-state index contributed by atoms with van der Waals surface area (Å²) in [5, 5.41) is 10.7. The lowest BCUT2D eigenvalue weighted by Crippen LogP contribution is -2.63. The molecule has 1 aliphatic carbocycles. The summed E-state index contributed by atoms with van der Waals surface area (Å²) >= 11 is 0. The molecule has 1 aromatic carbocycles. The Kier molecular flexibility index (Phi) is 6.88. The number of hydrogen-bond donors (Lipinski definition) is 2. The predicted molar refractivity (Wildman–Crippen MR) is 123 cm³/mol. The molecule has 0 spiro atoms. The highest BCUT2D eigenvalue weighted by atomic mass is 19.4. The standard InChI is InChI=1S/C24H34F3N5O/c1-4-32-21-10-7-17(24(25,26)27)11-20(21)23(30-32)28-12-22(33)29-18-13-31(14-18)19-8-5-16(6-9-19)15(2)3/h7,10-11,15-16,18-19H,4-6,8-9,12-14H2,1-3H3,(H,28,30)(H,29,33). The van der Waals surface area contributed by atoms with E-state index in [1.54, 1.807) is 4.68 Å². The van der Waals surface area contributed by atoms with E-state index in [2.05, 4.69) is 34.5 Å². The number of nitrogens with zero attached hydrogens (tertiary/aromatic N) is 3. The Morgan fingerprint density at radius 2 is 1.88 bits per heavy atom. The van der Waals surface area contributed by atoms with Gasteiger partial charge in [0.05, 0.1) is 23.7 Å². The molecule has 2 aliphatic rings. The van der Waals surface area contributed by atoms with Crippen molar-refractivity contribution in [2.75, 3.05) is 25.0 Å². The van der Waals surface area contributed by atoms with E-state index < -0.39 is 11.7 Å². The average molecular weight is 466 g/mol. The van der Waals surface area contributed by atoms with Gasteiger partial charge in [-0.25, -0.2) is 0 Å². The third-order valence-electron chi connectivity index (χ3n) is 7.27. The van der Waals surface area contributed by atoms with Gasteiger partial charge in [0.2, 0.25) is 5.91 Å². The smallest absolute Gasteiger partial charge is 0.359 e. The second-order valence-corrected chi connectivity index (χ2v) is 9.78. The molecule has 1 saturated heterocycles. The van der Waals surface area contributed by atoms with Gasteiger partial charge < -0.3 is 10.6 Å². The quantitative estimate of drug-likeness (QED) is 0.632. The van der Waals surface area contributed by atoms with Crippen LogP contribution < -0.4 is 10.6 Å². The molecule has 9 heteroatoms. The van der Waals surface area contributed by atoms with E-state index in [0.717, 1.165) is 37.1 Å². The molecular weight excluding hydrogens is 431 g/mol. The predicted octanol–water partition coefficient (Wildman–Crippen LogP) is 4.50. The summed E-state index contributed by atoms with van der Waals surface area (Å²) in [6, 6.07) is 4.33. The van der Waals surface area contributed by atoms with Gasteiger partial charge in [0.15, 0.2) is 5.82 Å². The number of benzene rings is 1. The van der Waals surface area contributed by atoms with Gasteiger partial charge in [0, 0.05) is 31.1 Å². The van der Waals surface area contributed by atoms with Crippen LogP contribution in [0.5, 0.6) is 0 Å². The van der Waals surface area contributed by atoms with Crippen LogP contribution in [0.15, 0.2) is 18.2 Å². The Balaban J connectivity index is 1.28. The maximum absolute atomic E-state index is 13.1. The van der Waals surface area contributed by atoms with Crippen molar-refractivity contribution in [2.45, 2.75) is 71.3 Å². The number of anilines is 1. The van der Waals surface area contributed by atoms with Crippen LogP contribution in [0.4, 0.5) is 19.0 Å². The minimum Gasteiger partial charge on any atom is -0.359 e. The summed E-state index contributed by atoms with van der Waals surface area (Å²) in [7, 11) is 0. The molecule has 0 radical (unpaired) electrons. The minimum absolute atomic E-state index is 0.0257. The zero-order valence-electron chi connectivity index (χ0n) is 19.6. The second-order valence-electron chi connectivity index (χ2n) is 9.78. The summed E-state index contributed by atoms with van der Waals surface area (Å²) in [5.41, 5.74) is -0.120. The lowest BCUT2D eigenvalue weighted by atomic mass is 9.78. The Bertz CT molecular complexity index is 972. The number of fused-ring (bicyclic) bond motifs is 1. The summed E-state index contributed by atoms with van der Waals surface area (Å²) in [4.78, 5) is 14.9. The molecule has 0 bridgehead atoms. The number of alkyl halides is 3. The SMILES string of the molecule is CCn1nc(NCC(=O)NC2CN(C3CCC(C(C)C)CC3)C2)c2cc(C(F)(F)F)ccc21. The molecule has 182 valence electrons. The highest BCUT2D eigenvalue weighted by Gasteiger charge is 2.35. The van der Waals surface area contributed by atoms with Crippen LogP contribution in [0.3, 0.4) is 0 Å². The third kappa shape index (κ3) is 5.28. The molecule has 2 fully saturated rings.